The highest BCUT2D eigenvalue weighted by Gasteiger charge is 2.30. The maximum absolute atomic E-state index is 13.1. The van der Waals surface area contributed by atoms with Gasteiger partial charge in [-0.15, -0.1) is 0 Å². The lowest BCUT2D eigenvalue weighted by Crippen LogP contribution is -2.37. The zero-order valence-electron chi connectivity index (χ0n) is 12.5. The first-order valence-corrected chi connectivity index (χ1v) is 10.1. The predicted molar refractivity (Wildman–Crippen MR) is 80.9 cm³/mol. The van der Waals surface area contributed by atoms with Crippen LogP contribution in [0.1, 0.15) is 12.0 Å². The molecule has 1 saturated heterocycles. The third-order valence-corrected chi connectivity index (χ3v) is 7.00. The zero-order chi connectivity index (χ0) is 16.5. The molecule has 0 spiro atoms. The highest BCUT2D eigenvalue weighted by Crippen LogP contribution is 2.22. The Hall–Kier alpha value is -1.03. The molecule has 0 unspecified atom stereocenters. The van der Waals surface area contributed by atoms with Crippen molar-refractivity contribution in [2.75, 3.05) is 32.4 Å². The molecule has 124 valence electrons. The van der Waals surface area contributed by atoms with Crippen molar-refractivity contribution in [2.24, 2.45) is 0 Å². The van der Waals surface area contributed by atoms with E-state index in [0.29, 0.717) is 18.5 Å². The van der Waals surface area contributed by atoms with E-state index in [4.69, 9.17) is 0 Å². The molecule has 0 radical (unpaired) electrons. The smallest absolute Gasteiger partial charge is 0.213 e. The first kappa shape index (κ1) is 17.3. The van der Waals surface area contributed by atoms with Crippen molar-refractivity contribution in [1.82, 2.24) is 8.61 Å². The Bertz CT molecular complexity index is 762. The molecule has 9 heteroatoms. The summed E-state index contributed by atoms with van der Waals surface area (Å²) in [6, 6.07) is 3.53. The molecule has 1 fully saturated rings. The van der Waals surface area contributed by atoms with E-state index in [2.05, 4.69) is 0 Å². The SMILES string of the molecule is Cc1cc(F)ccc1S(=O)(=O)N1CCCN(S(C)(=O)=O)CC1. The minimum Gasteiger partial charge on any atom is -0.213 e. The van der Waals surface area contributed by atoms with E-state index in [-0.39, 0.29) is 24.5 Å². The van der Waals surface area contributed by atoms with Gasteiger partial charge in [0.25, 0.3) is 0 Å². The summed E-state index contributed by atoms with van der Waals surface area (Å²) >= 11 is 0. The molecule has 22 heavy (non-hydrogen) atoms. The van der Waals surface area contributed by atoms with Gasteiger partial charge in [-0.05, 0) is 37.1 Å². The summed E-state index contributed by atoms with van der Waals surface area (Å²) < 4.78 is 64.2. The molecule has 1 aliphatic rings. The number of hydrogen-bond donors (Lipinski definition) is 0. The minimum atomic E-state index is -3.76. The topological polar surface area (TPSA) is 74.8 Å². The quantitative estimate of drug-likeness (QED) is 0.808. The number of sulfonamides is 2. The second kappa shape index (κ2) is 6.23. The van der Waals surface area contributed by atoms with Crippen LogP contribution in [0.15, 0.2) is 23.1 Å². The summed E-state index contributed by atoms with van der Waals surface area (Å²) in [5.74, 6) is -0.490. The maximum atomic E-state index is 13.1. The van der Waals surface area contributed by atoms with Crippen LogP contribution in [0.5, 0.6) is 0 Å². The van der Waals surface area contributed by atoms with Crippen LogP contribution in [-0.2, 0) is 20.0 Å². The van der Waals surface area contributed by atoms with Crippen LogP contribution >= 0.6 is 0 Å². The molecule has 0 N–H and O–H groups in total. The van der Waals surface area contributed by atoms with Crippen molar-refractivity contribution in [2.45, 2.75) is 18.2 Å². The highest BCUT2D eigenvalue weighted by atomic mass is 32.2. The summed E-state index contributed by atoms with van der Waals surface area (Å²) in [5.41, 5.74) is 0.337. The van der Waals surface area contributed by atoms with Crippen LogP contribution in [0.2, 0.25) is 0 Å². The van der Waals surface area contributed by atoms with E-state index < -0.39 is 25.9 Å². The van der Waals surface area contributed by atoms with E-state index in [1.165, 1.54) is 27.7 Å². The lowest BCUT2D eigenvalue weighted by molar-refractivity contribution is 0.406. The molecule has 0 aliphatic carbocycles. The Morgan fingerprint density at radius 2 is 1.59 bits per heavy atom. The Labute approximate surface area is 130 Å². The van der Waals surface area contributed by atoms with Crippen molar-refractivity contribution in [3.05, 3.63) is 29.6 Å². The summed E-state index contributed by atoms with van der Waals surface area (Å²) in [4.78, 5) is 0.0571. The van der Waals surface area contributed by atoms with Crippen LogP contribution in [0.4, 0.5) is 4.39 Å². The average Bonchev–Trinajstić information content (AvgIpc) is 2.63. The Balaban J connectivity index is 2.27. The third kappa shape index (κ3) is 3.65. The first-order valence-electron chi connectivity index (χ1n) is 6.84. The summed E-state index contributed by atoms with van der Waals surface area (Å²) in [5, 5.41) is 0. The number of benzene rings is 1. The van der Waals surface area contributed by atoms with Crippen molar-refractivity contribution in [3.8, 4) is 0 Å². The van der Waals surface area contributed by atoms with Crippen molar-refractivity contribution in [1.29, 1.82) is 0 Å². The van der Waals surface area contributed by atoms with Gasteiger partial charge >= 0.3 is 0 Å². The van der Waals surface area contributed by atoms with Crippen molar-refractivity contribution >= 4 is 20.0 Å². The lowest BCUT2D eigenvalue weighted by atomic mass is 10.2. The molecule has 6 nitrogen and oxygen atoms in total. The van der Waals surface area contributed by atoms with Gasteiger partial charge in [0.1, 0.15) is 5.82 Å². The summed E-state index contributed by atoms with van der Waals surface area (Å²) in [7, 11) is -7.09. The van der Waals surface area contributed by atoms with E-state index in [9.17, 15) is 21.2 Å². The molecule has 1 aromatic carbocycles. The van der Waals surface area contributed by atoms with Gasteiger partial charge in [-0.2, -0.15) is 4.31 Å². The number of rotatable bonds is 3. The van der Waals surface area contributed by atoms with E-state index >= 15 is 0 Å². The van der Waals surface area contributed by atoms with Gasteiger partial charge in [0.15, 0.2) is 0 Å². The van der Waals surface area contributed by atoms with E-state index in [0.717, 1.165) is 12.3 Å². The Morgan fingerprint density at radius 1 is 1.00 bits per heavy atom. The highest BCUT2D eigenvalue weighted by molar-refractivity contribution is 7.89. The largest absolute Gasteiger partial charge is 0.243 e. The summed E-state index contributed by atoms with van der Waals surface area (Å²) in [6.45, 7) is 2.29. The van der Waals surface area contributed by atoms with Gasteiger partial charge in [-0.25, -0.2) is 25.5 Å². The maximum Gasteiger partial charge on any atom is 0.243 e. The lowest BCUT2D eigenvalue weighted by Gasteiger charge is -2.21. The van der Waals surface area contributed by atoms with Crippen LogP contribution in [-0.4, -0.2) is 57.9 Å². The number of aryl methyl sites for hydroxylation is 1. The molecule has 1 heterocycles. The number of halogens is 1. The second-order valence-corrected chi connectivity index (χ2v) is 9.22. The van der Waals surface area contributed by atoms with Crippen molar-refractivity contribution < 1.29 is 21.2 Å². The molecule has 0 saturated carbocycles. The number of hydrogen-bond acceptors (Lipinski definition) is 4. The van der Waals surface area contributed by atoms with Gasteiger partial charge in [-0.1, -0.05) is 0 Å². The first-order chi connectivity index (χ1) is 10.1. The fourth-order valence-electron chi connectivity index (χ4n) is 2.48. The molecule has 1 aromatic rings. The van der Waals surface area contributed by atoms with E-state index in [1.807, 2.05) is 0 Å². The van der Waals surface area contributed by atoms with Crippen LogP contribution in [0.3, 0.4) is 0 Å². The molecule has 0 aromatic heterocycles. The van der Waals surface area contributed by atoms with E-state index in [1.54, 1.807) is 0 Å². The monoisotopic (exact) mass is 350 g/mol. The average molecular weight is 350 g/mol. The molecule has 0 atom stereocenters. The molecule has 1 aliphatic heterocycles. The molecule has 2 rings (SSSR count). The normalized spacial score (nSPS) is 19.0. The van der Waals surface area contributed by atoms with Crippen molar-refractivity contribution in [3.63, 3.8) is 0 Å². The standard InChI is InChI=1S/C13H19FN2O4S2/c1-11-10-12(14)4-5-13(11)22(19,20)16-7-3-6-15(8-9-16)21(2,17)18/h4-5,10H,3,6-9H2,1-2H3. The minimum absolute atomic E-state index is 0.0571. The fraction of sp³-hybridized carbons (Fsp3) is 0.538. The van der Waals surface area contributed by atoms with Gasteiger partial charge in [0.05, 0.1) is 11.2 Å². The van der Waals surface area contributed by atoms with Gasteiger partial charge in [0, 0.05) is 26.2 Å². The van der Waals surface area contributed by atoms with Gasteiger partial charge in [0.2, 0.25) is 20.0 Å². The molecular weight excluding hydrogens is 331 g/mol. The fourth-order valence-corrected chi connectivity index (χ4v) is 5.03. The molecular formula is C13H19FN2O4S2. The third-order valence-electron chi connectivity index (χ3n) is 3.64. The zero-order valence-corrected chi connectivity index (χ0v) is 14.1. The second-order valence-electron chi connectivity index (χ2n) is 5.33. The predicted octanol–water partition coefficient (Wildman–Crippen LogP) is 0.790. The number of nitrogens with zero attached hydrogens (tertiary/aromatic N) is 2. The molecule has 0 bridgehead atoms. The van der Waals surface area contributed by atoms with Crippen LogP contribution < -0.4 is 0 Å². The Morgan fingerprint density at radius 3 is 2.18 bits per heavy atom. The van der Waals surface area contributed by atoms with Gasteiger partial charge < -0.3 is 0 Å². The van der Waals surface area contributed by atoms with Crippen LogP contribution in [0.25, 0.3) is 0 Å². The van der Waals surface area contributed by atoms with Gasteiger partial charge in [-0.3, -0.25) is 0 Å². The Kier molecular flexibility index (Phi) is 4.90. The summed E-state index contributed by atoms with van der Waals surface area (Å²) in [6.07, 6.45) is 1.54. The van der Waals surface area contributed by atoms with Crippen LogP contribution in [0, 0.1) is 12.7 Å². The molecule has 0 amide bonds.